The van der Waals surface area contributed by atoms with E-state index >= 15 is 0 Å². The van der Waals surface area contributed by atoms with Gasteiger partial charge >= 0.3 is 0 Å². The van der Waals surface area contributed by atoms with Crippen molar-refractivity contribution in [3.8, 4) is 17.3 Å². The Balaban J connectivity index is 1.57. The van der Waals surface area contributed by atoms with Crippen LogP contribution in [-0.2, 0) is 13.0 Å². The molecular weight excluding hydrogens is 477 g/mol. The molecule has 0 atom stereocenters. The fourth-order valence-corrected chi connectivity index (χ4v) is 4.34. The second-order valence-electron chi connectivity index (χ2n) is 9.03. The Kier molecular flexibility index (Phi) is 7.05. The van der Waals surface area contributed by atoms with Gasteiger partial charge in [-0.25, -0.2) is 9.07 Å². The van der Waals surface area contributed by atoms with Crippen LogP contribution in [0.15, 0.2) is 78.9 Å². The number of hydrogen-bond donors (Lipinski definition) is 0. The number of aryl methyl sites for hydroxylation is 1. The molecule has 5 nitrogen and oxygen atoms in total. The van der Waals surface area contributed by atoms with Gasteiger partial charge in [-0.1, -0.05) is 42.8 Å². The van der Waals surface area contributed by atoms with Crippen LogP contribution in [0, 0.1) is 11.7 Å². The molecule has 5 rings (SSSR count). The fourth-order valence-electron chi connectivity index (χ4n) is 4.21. The molecule has 3 aromatic carbocycles. The van der Waals surface area contributed by atoms with Crippen LogP contribution in [0.3, 0.4) is 0 Å². The maximum atomic E-state index is 14.0. The van der Waals surface area contributed by atoms with E-state index in [1.807, 2.05) is 42.2 Å². The van der Waals surface area contributed by atoms with Gasteiger partial charge in [-0.15, -0.1) is 0 Å². The van der Waals surface area contributed by atoms with Gasteiger partial charge in [0.1, 0.15) is 11.6 Å². The molecule has 1 heterocycles. The highest BCUT2D eigenvalue weighted by Gasteiger charge is 2.30. The fraction of sp³-hybridized carbons (Fsp3) is 0.241. The lowest BCUT2D eigenvalue weighted by molar-refractivity contribution is 0.0733. The number of rotatable bonds is 9. The number of halogens is 2. The van der Waals surface area contributed by atoms with E-state index in [0.717, 1.165) is 29.8 Å². The van der Waals surface area contributed by atoms with Crippen molar-refractivity contribution in [3.05, 3.63) is 107 Å². The van der Waals surface area contributed by atoms with Gasteiger partial charge in [0, 0.05) is 23.2 Å². The molecule has 1 aliphatic rings. The summed E-state index contributed by atoms with van der Waals surface area (Å²) in [6.07, 6.45) is 2.88. The monoisotopic (exact) mass is 503 g/mol. The van der Waals surface area contributed by atoms with E-state index in [1.54, 1.807) is 41.1 Å². The number of carbonyl (C=O) groups excluding carboxylic acids is 1. The van der Waals surface area contributed by atoms with Crippen LogP contribution in [-0.4, -0.2) is 27.1 Å². The lowest BCUT2D eigenvalue weighted by atomic mass is 10.1. The molecule has 0 aliphatic heterocycles. The predicted molar refractivity (Wildman–Crippen MR) is 138 cm³/mol. The molecule has 0 bridgehead atoms. The summed E-state index contributed by atoms with van der Waals surface area (Å²) in [5, 5.41) is 5.44. The molecule has 0 N–H and O–H groups in total. The highest BCUT2D eigenvalue weighted by Crippen LogP contribution is 2.35. The number of ether oxygens (including phenoxy) is 1. The second kappa shape index (κ2) is 10.5. The summed E-state index contributed by atoms with van der Waals surface area (Å²) in [7, 11) is 0. The number of nitrogens with zero attached hydrogens (tertiary/aromatic N) is 3. The Bertz CT molecular complexity index is 1350. The van der Waals surface area contributed by atoms with Crippen molar-refractivity contribution < 1.29 is 13.9 Å². The number of para-hydroxylation sites is 1. The molecule has 1 aliphatic carbocycles. The van der Waals surface area contributed by atoms with Crippen molar-refractivity contribution in [2.75, 3.05) is 6.54 Å². The molecule has 4 aromatic rings. The minimum atomic E-state index is -0.385. The van der Waals surface area contributed by atoms with Crippen molar-refractivity contribution in [3.63, 3.8) is 0 Å². The average Bonchev–Trinajstić information content (AvgIpc) is 3.65. The Labute approximate surface area is 215 Å². The zero-order valence-corrected chi connectivity index (χ0v) is 20.8. The third kappa shape index (κ3) is 5.44. The molecule has 36 heavy (non-hydrogen) atoms. The molecular formula is C29H27ClFN3O2. The summed E-state index contributed by atoms with van der Waals surface area (Å²) in [5.41, 5.74) is 3.05. The molecule has 1 fully saturated rings. The molecule has 1 amide bonds. The topological polar surface area (TPSA) is 47.4 Å². The summed E-state index contributed by atoms with van der Waals surface area (Å²) in [6, 6.07) is 22.7. The van der Waals surface area contributed by atoms with Crippen LogP contribution in [0.25, 0.3) is 5.69 Å². The number of benzene rings is 3. The van der Waals surface area contributed by atoms with Gasteiger partial charge in [0.2, 0.25) is 5.88 Å². The average molecular weight is 504 g/mol. The van der Waals surface area contributed by atoms with Gasteiger partial charge in [-0.3, -0.25) is 4.79 Å². The Hall–Kier alpha value is -3.64. The summed E-state index contributed by atoms with van der Waals surface area (Å²) in [4.78, 5) is 15.4. The van der Waals surface area contributed by atoms with E-state index in [0.29, 0.717) is 47.6 Å². The molecule has 1 saturated carbocycles. The lowest BCUT2D eigenvalue weighted by Gasteiger charge is -2.23. The third-order valence-corrected chi connectivity index (χ3v) is 6.52. The third-order valence-electron chi connectivity index (χ3n) is 6.27. The van der Waals surface area contributed by atoms with E-state index < -0.39 is 0 Å². The Morgan fingerprint density at radius 1 is 1.08 bits per heavy atom. The number of carbonyl (C=O) groups is 1. The highest BCUT2D eigenvalue weighted by molar-refractivity contribution is 6.30. The zero-order valence-electron chi connectivity index (χ0n) is 20.0. The van der Waals surface area contributed by atoms with Crippen molar-refractivity contribution in [2.45, 2.75) is 32.7 Å². The van der Waals surface area contributed by atoms with Crippen molar-refractivity contribution >= 4 is 17.5 Å². The van der Waals surface area contributed by atoms with Gasteiger partial charge in [-0.05, 0) is 73.7 Å². The molecule has 0 unspecified atom stereocenters. The first-order valence-electron chi connectivity index (χ1n) is 12.2. The number of amides is 1. The standard InChI is InChI=1S/C29H27ClFN3O2/c1-2-27-26(19-33(18-20-11-12-20)28(35)21-13-15-22(30)16-14-21)29(36-25-10-6-7-23(31)17-25)34(32-27)24-8-4-3-5-9-24/h3-10,13-17,20H,2,11-12,18-19H2,1H3. The van der Waals surface area contributed by atoms with Gasteiger partial charge in [0.05, 0.1) is 23.5 Å². The summed E-state index contributed by atoms with van der Waals surface area (Å²) in [5.74, 6) is 0.888. The number of hydrogen-bond acceptors (Lipinski definition) is 3. The van der Waals surface area contributed by atoms with E-state index in [1.165, 1.54) is 12.1 Å². The van der Waals surface area contributed by atoms with E-state index in [9.17, 15) is 9.18 Å². The second-order valence-corrected chi connectivity index (χ2v) is 9.46. The zero-order chi connectivity index (χ0) is 25.1. The lowest BCUT2D eigenvalue weighted by Crippen LogP contribution is -2.32. The Morgan fingerprint density at radius 2 is 1.83 bits per heavy atom. The van der Waals surface area contributed by atoms with Crippen LogP contribution >= 0.6 is 11.6 Å². The summed E-state index contributed by atoms with van der Waals surface area (Å²) >= 11 is 6.05. The minimum absolute atomic E-state index is 0.0650. The molecule has 0 radical (unpaired) electrons. The van der Waals surface area contributed by atoms with Crippen LogP contribution in [0.2, 0.25) is 5.02 Å². The van der Waals surface area contributed by atoms with Crippen LogP contribution in [0.5, 0.6) is 11.6 Å². The smallest absolute Gasteiger partial charge is 0.254 e. The molecule has 1 aromatic heterocycles. The molecule has 7 heteroatoms. The first-order valence-corrected chi connectivity index (χ1v) is 12.5. The van der Waals surface area contributed by atoms with Crippen LogP contribution in [0.4, 0.5) is 4.39 Å². The first kappa shape index (κ1) is 24.1. The normalized spacial score (nSPS) is 13.0. The largest absolute Gasteiger partial charge is 0.438 e. The molecule has 0 spiro atoms. The van der Waals surface area contributed by atoms with Crippen molar-refractivity contribution in [1.29, 1.82) is 0 Å². The van der Waals surface area contributed by atoms with E-state index in [4.69, 9.17) is 21.4 Å². The Morgan fingerprint density at radius 3 is 2.50 bits per heavy atom. The van der Waals surface area contributed by atoms with Crippen LogP contribution < -0.4 is 4.74 Å². The van der Waals surface area contributed by atoms with Gasteiger partial charge < -0.3 is 9.64 Å². The maximum Gasteiger partial charge on any atom is 0.254 e. The van der Waals surface area contributed by atoms with E-state index in [-0.39, 0.29) is 11.7 Å². The quantitative estimate of drug-likeness (QED) is 0.245. The minimum Gasteiger partial charge on any atom is -0.438 e. The number of aromatic nitrogens is 2. The SMILES string of the molecule is CCc1nn(-c2ccccc2)c(Oc2cccc(F)c2)c1CN(CC1CC1)C(=O)c1ccc(Cl)cc1. The summed E-state index contributed by atoms with van der Waals surface area (Å²) in [6.45, 7) is 3.01. The van der Waals surface area contributed by atoms with Crippen molar-refractivity contribution in [1.82, 2.24) is 14.7 Å². The first-order chi connectivity index (χ1) is 17.5. The van der Waals surface area contributed by atoms with E-state index in [2.05, 4.69) is 0 Å². The maximum absolute atomic E-state index is 14.0. The van der Waals surface area contributed by atoms with Gasteiger partial charge in [0.15, 0.2) is 0 Å². The van der Waals surface area contributed by atoms with Crippen molar-refractivity contribution in [2.24, 2.45) is 5.92 Å². The predicted octanol–water partition coefficient (Wildman–Crippen LogP) is 7.07. The van der Waals surface area contributed by atoms with Crippen LogP contribution in [0.1, 0.15) is 41.4 Å². The molecule has 184 valence electrons. The highest BCUT2D eigenvalue weighted by atomic mass is 35.5. The molecule has 0 saturated heterocycles. The van der Waals surface area contributed by atoms with Gasteiger partial charge in [-0.2, -0.15) is 5.10 Å². The summed E-state index contributed by atoms with van der Waals surface area (Å²) < 4.78 is 22.0. The van der Waals surface area contributed by atoms with Gasteiger partial charge in [0.25, 0.3) is 5.91 Å².